The first kappa shape index (κ1) is 11.1. The van der Waals surface area contributed by atoms with Crippen LogP contribution in [0, 0.1) is 12.3 Å². The molecule has 0 aliphatic rings. The minimum Gasteiger partial charge on any atom is -0.480 e. The summed E-state index contributed by atoms with van der Waals surface area (Å²) in [5.74, 6) is 3.18. The monoisotopic (exact) mass is 199 g/mol. The summed E-state index contributed by atoms with van der Waals surface area (Å²) in [6.45, 7) is 2.19. The van der Waals surface area contributed by atoms with Crippen molar-refractivity contribution in [2.45, 2.75) is 6.92 Å². The summed E-state index contributed by atoms with van der Waals surface area (Å²) in [4.78, 5) is 4.09. The lowest BCUT2D eigenvalue weighted by Gasteiger charge is -2.04. The molecule has 0 unspecified atom stereocenters. The van der Waals surface area contributed by atoms with Gasteiger partial charge in [-0.15, -0.1) is 6.42 Å². The molecule has 0 fully saturated rings. The minimum absolute atomic E-state index is 0.272. The fourth-order valence-electron chi connectivity index (χ4n) is 1.05. The number of allylic oxidation sites excluding steroid dienone is 1. The third-order valence-electron chi connectivity index (χ3n) is 1.68. The molecule has 0 N–H and O–H groups in total. The van der Waals surface area contributed by atoms with Crippen LogP contribution in [-0.2, 0) is 0 Å². The maximum absolute atomic E-state index is 5.37. The number of ether oxygens (including phenoxy) is 1. The molecule has 0 saturated heterocycles. The Hall–Kier alpha value is -2.01. The number of rotatable bonds is 4. The smallest absolute Gasteiger partial charge is 0.148 e. The third kappa shape index (κ3) is 3.70. The average molecular weight is 199 g/mol. The summed E-state index contributed by atoms with van der Waals surface area (Å²) in [6.07, 6.45) is 10.5. The Morgan fingerprint density at radius 2 is 2.27 bits per heavy atom. The highest BCUT2D eigenvalue weighted by molar-refractivity contribution is 5.83. The van der Waals surface area contributed by atoms with Gasteiger partial charge in [0.2, 0.25) is 0 Å². The van der Waals surface area contributed by atoms with Crippen molar-refractivity contribution < 1.29 is 4.74 Å². The second kappa shape index (κ2) is 6.44. The zero-order chi connectivity index (χ0) is 10.9. The van der Waals surface area contributed by atoms with Gasteiger partial charge in [-0.1, -0.05) is 24.1 Å². The second-order valence-corrected chi connectivity index (χ2v) is 2.79. The molecule has 1 aromatic carbocycles. The van der Waals surface area contributed by atoms with E-state index in [2.05, 4.69) is 10.9 Å². The number of hydrogen-bond acceptors (Lipinski definition) is 2. The average Bonchev–Trinajstić information content (AvgIpc) is 2.28. The van der Waals surface area contributed by atoms with Crippen molar-refractivity contribution in [1.82, 2.24) is 0 Å². The molecule has 0 atom stereocenters. The van der Waals surface area contributed by atoms with Crippen molar-refractivity contribution >= 4 is 6.21 Å². The van der Waals surface area contributed by atoms with Gasteiger partial charge in [-0.05, 0) is 19.1 Å². The summed E-state index contributed by atoms with van der Waals surface area (Å²) in [5.41, 5.74) is 0.922. The molecular formula is C13H13NO. The first-order valence-corrected chi connectivity index (χ1v) is 4.68. The minimum atomic E-state index is 0.272. The number of nitrogens with zero attached hydrogens (tertiary/aromatic N) is 1. The fraction of sp³-hybridized carbons (Fsp3) is 0.154. The van der Waals surface area contributed by atoms with Crippen LogP contribution in [0.5, 0.6) is 5.75 Å². The predicted molar refractivity (Wildman–Crippen MR) is 63.2 cm³/mol. The van der Waals surface area contributed by atoms with Gasteiger partial charge in [0, 0.05) is 18.0 Å². The molecule has 0 amide bonds. The van der Waals surface area contributed by atoms with Gasteiger partial charge >= 0.3 is 0 Å². The van der Waals surface area contributed by atoms with Crippen LogP contribution in [0.3, 0.4) is 0 Å². The van der Waals surface area contributed by atoms with Crippen LogP contribution >= 0.6 is 0 Å². The quantitative estimate of drug-likeness (QED) is 0.539. The van der Waals surface area contributed by atoms with Crippen LogP contribution in [0.2, 0.25) is 0 Å². The van der Waals surface area contributed by atoms with Crippen LogP contribution in [0.1, 0.15) is 12.5 Å². The molecule has 1 rings (SSSR count). The largest absolute Gasteiger partial charge is 0.480 e. The van der Waals surface area contributed by atoms with Gasteiger partial charge in [0.15, 0.2) is 0 Å². The van der Waals surface area contributed by atoms with E-state index in [1.165, 1.54) is 0 Å². The highest BCUT2D eigenvalue weighted by Crippen LogP contribution is 2.15. The molecule has 0 spiro atoms. The molecule has 15 heavy (non-hydrogen) atoms. The van der Waals surface area contributed by atoms with Crippen molar-refractivity contribution in [1.29, 1.82) is 0 Å². The van der Waals surface area contributed by atoms with E-state index in [0.717, 1.165) is 11.3 Å². The number of benzene rings is 1. The second-order valence-electron chi connectivity index (χ2n) is 2.79. The highest BCUT2D eigenvalue weighted by Gasteiger charge is 1.97. The van der Waals surface area contributed by atoms with E-state index in [9.17, 15) is 0 Å². The van der Waals surface area contributed by atoms with Crippen LogP contribution in [-0.4, -0.2) is 12.8 Å². The van der Waals surface area contributed by atoms with Gasteiger partial charge in [0.25, 0.3) is 0 Å². The molecule has 0 aromatic heterocycles. The maximum Gasteiger partial charge on any atom is 0.148 e. The van der Waals surface area contributed by atoms with Gasteiger partial charge in [0.1, 0.15) is 12.4 Å². The lowest BCUT2D eigenvalue weighted by molar-refractivity contribution is 0.370. The molecule has 0 saturated carbocycles. The molecule has 0 radical (unpaired) electrons. The Labute approximate surface area is 90.3 Å². The highest BCUT2D eigenvalue weighted by atomic mass is 16.5. The van der Waals surface area contributed by atoms with Crippen LogP contribution in [0.15, 0.2) is 41.5 Å². The Morgan fingerprint density at radius 1 is 1.47 bits per heavy atom. The standard InChI is InChI=1S/C13H13NO/c1-3-9-14-11-12-7-5-6-8-13(12)15-10-4-2/h2-3,5-9,11H,10H2,1H3/b9-3+,14-11?. The molecule has 2 nitrogen and oxygen atoms in total. The van der Waals surface area contributed by atoms with E-state index >= 15 is 0 Å². The van der Waals surface area contributed by atoms with E-state index in [4.69, 9.17) is 11.2 Å². The van der Waals surface area contributed by atoms with E-state index in [0.29, 0.717) is 0 Å². The predicted octanol–water partition coefficient (Wildman–Crippen LogP) is 2.65. The van der Waals surface area contributed by atoms with Gasteiger partial charge in [-0.25, -0.2) is 0 Å². The number of hydrogen-bond donors (Lipinski definition) is 0. The molecule has 2 heteroatoms. The van der Waals surface area contributed by atoms with Crippen LogP contribution in [0.25, 0.3) is 0 Å². The molecule has 0 bridgehead atoms. The Balaban J connectivity index is 2.82. The molecule has 0 aliphatic carbocycles. The lowest BCUT2D eigenvalue weighted by Crippen LogP contribution is -1.96. The summed E-state index contributed by atoms with van der Waals surface area (Å²) in [6, 6.07) is 7.63. The van der Waals surface area contributed by atoms with E-state index < -0.39 is 0 Å². The third-order valence-corrected chi connectivity index (χ3v) is 1.68. The first-order chi connectivity index (χ1) is 7.38. The Kier molecular flexibility index (Phi) is 4.75. The number of terminal acetylenes is 1. The molecule has 76 valence electrons. The topological polar surface area (TPSA) is 21.6 Å². The first-order valence-electron chi connectivity index (χ1n) is 4.68. The lowest BCUT2D eigenvalue weighted by atomic mass is 10.2. The summed E-state index contributed by atoms with van der Waals surface area (Å²) in [5, 5.41) is 0. The molecular weight excluding hydrogens is 186 g/mol. The summed E-state index contributed by atoms with van der Waals surface area (Å²) in [7, 11) is 0. The summed E-state index contributed by atoms with van der Waals surface area (Å²) >= 11 is 0. The van der Waals surface area contributed by atoms with Gasteiger partial charge < -0.3 is 4.74 Å². The Morgan fingerprint density at radius 3 is 3.00 bits per heavy atom. The van der Waals surface area contributed by atoms with E-state index in [1.807, 2.05) is 37.3 Å². The van der Waals surface area contributed by atoms with Gasteiger partial charge in [-0.3, -0.25) is 4.99 Å². The number of para-hydroxylation sites is 1. The van der Waals surface area contributed by atoms with E-state index in [1.54, 1.807) is 12.4 Å². The molecule has 0 aliphatic heterocycles. The zero-order valence-electron chi connectivity index (χ0n) is 8.68. The fourth-order valence-corrected chi connectivity index (χ4v) is 1.05. The Bertz CT molecular complexity index is 399. The van der Waals surface area contributed by atoms with Gasteiger partial charge in [0.05, 0.1) is 0 Å². The molecule has 0 heterocycles. The van der Waals surface area contributed by atoms with Crippen molar-refractivity contribution in [2.75, 3.05) is 6.61 Å². The maximum atomic E-state index is 5.37. The van der Waals surface area contributed by atoms with Crippen LogP contribution < -0.4 is 4.74 Å². The van der Waals surface area contributed by atoms with E-state index in [-0.39, 0.29) is 6.61 Å². The SMILES string of the molecule is C#CCOc1ccccc1C=N/C=C/C. The molecule has 1 aromatic rings. The van der Waals surface area contributed by atoms with Crippen molar-refractivity contribution in [3.8, 4) is 18.1 Å². The van der Waals surface area contributed by atoms with Gasteiger partial charge in [-0.2, -0.15) is 0 Å². The van der Waals surface area contributed by atoms with Crippen molar-refractivity contribution in [3.63, 3.8) is 0 Å². The summed E-state index contributed by atoms with van der Waals surface area (Å²) < 4.78 is 5.37. The van der Waals surface area contributed by atoms with Crippen LogP contribution in [0.4, 0.5) is 0 Å². The zero-order valence-corrected chi connectivity index (χ0v) is 8.68. The van der Waals surface area contributed by atoms with Crippen molar-refractivity contribution in [3.05, 3.63) is 42.1 Å². The van der Waals surface area contributed by atoms with Crippen molar-refractivity contribution in [2.24, 2.45) is 4.99 Å². The number of aliphatic imine (C=N–C) groups is 1. The normalized spacial score (nSPS) is 10.7.